The number of amides is 1. The lowest BCUT2D eigenvalue weighted by molar-refractivity contribution is -0.137. The number of carbonyl (C=O) groups excluding carboxylic acids is 1. The Hall–Kier alpha value is -0.570. The lowest BCUT2D eigenvalue weighted by atomic mass is 9.91. The molecule has 1 aliphatic heterocycles. The maximum Gasteiger partial charge on any atom is 0.223 e. The van der Waals surface area contributed by atoms with Crippen LogP contribution in [0.3, 0.4) is 0 Å². The van der Waals surface area contributed by atoms with E-state index in [1.807, 2.05) is 11.9 Å². The number of nitrogens with zero attached hydrogens (tertiary/aromatic N) is 1. The monoisotopic (exact) mass is 184 g/mol. The molecule has 0 aromatic rings. The van der Waals surface area contributed by atoms with Crippen LogP contribution in [0.1, 0.15) is 27.2 Å². The number of likely N-dealkylation sites (tertiary alicyclic amines) is 1. The molecule has 76 valence electrons. The molecule has 0 saturated carbocycles. The fourth-order valence-corrected chi connectivity index (χ4v) is 1.43. The fraction of sp³-hybridized carbons (Fsp3) is 0.900. The molecule has 0 aromatic carbocycles. The predicted octanol–water partition coefficient (Wildman–Crippen LogP) is 0.853. The Morgan fingerprint density at radius 3 is 2.38 bits per heavy atom. The zero-order valence-electron chi connectivity index (χ0n) is 9.05. The van der Waals surface area contributed by atoms with Crippen molar-refractivity contribution in [2.75, 3.05) is 20.1 Å². The van der Waals surface area contributed by atoms with Crippen molar-refractivity contribution >= 4 is 5.91 Å². The van der Waals surface area contributed by atoms with Gasteiger partial charge in [-0.2, -0.15) is 0 Å². The molecule has 1 rings (SSSR count). The van der Waals surface area contributed by atoms with Gasteiger partial charge in [-0.1, -0.05) is 20.8 Å². The van der Waals surface area contributed by atoms with Crippen molar-refractivity contribution < 1.29 is 4.79 Å². The van der Waals surface area contributed by atoms with Crippen LogP contribution in [0.25, 0.3) is 0 Å². The maximum atomic E-state index is 11.6. The van der Waals surface area contributed by atoms with E-state index in [-0.39, 0.29) is 5.41 Å². The van der Waals surface area contributed by atoms with Crippen molar-refractivity contribution in [3.05, 3.63) is 0 Å². The second kappa shape index (κ2) is 3.66. The molecule has 1 saturated heterocycles. The SMILES string of the molecule is CNC1CN(C(=O)CC(C)(C)C)C1. The van der Waals surface area contributed by atoms with Gasteiger partial charge in [0.15, 0.2) is 0 Å². The lowest BCUT2D eigenvalue weighted by Gasteiger charge is -2.40. The van der Waals surface area contributed by atoms with E-state index in [0.717, 1.165) is 13.1 Å². The number of hydrogen-bond acceptors (Lipinski definition) is 2. The molecule has 0 aromatic heterocycles. The maximum absolute atomic E-state index is 11.6. The summed E-state index contributed by atoms with van der Waals surface area (Å²) >= 11 is 0. The van der Waals surface area contributed by atoms with Gasteiger partial charge in [0.05, 0.1) is 0 Å². The lowest BCUT2D eigenvalue weighted by Crippen LogP contribution is -2.59. The van der Waals surface area contributed by atoms with Gasteiger partial charge in [-0.25, -0.2) is 0 Å². The molecule has 0 unspecified atom stereocenters. The summed E-state index contributed by atoms with van der Waals surface area (Å²) in [6.45, 7) is 8.05. The van der Waals surface area contributed by atoms with Gasteiger partial charge in [0.2, 0.25) is 5.91 Å². The summed E-state index contributed by atoms with van der Waals surface area (Å²) in [6.07, 6.45) is 0.656. The molecular weight excluding hydrogens is 164 g/mol. The molecular formula is C10H20N2O. The van der Waals surface area contributed by atoms with E-state index in [1.165, 1.54) is 0 Å². The highest BCUT2D eigenvalue weighted by atomic mass is 16.2. The van der Waals surface area contributed by atoms with Gasteiger partial charge in [0.1, 0.15) is 0 Å². The molecule has 1 N–H and O–H groups in total. The van der Waals surface area contributed by atoms with Crippen LogP contribution in [0, 0.1) is 5.41 Å². The zero-order chi connectivity index (χ0) is 10.1. The first-order valence-electron chi connectivity index (χ1n) is 4.87. The minimum absolute atomic E-state index is 0.113. The molecule has 0 aliphatic carbocycles. The Morgan fingerprint density at radius 2 is 2.00 bits per heavy atom. The van der Waals surface area contributed by atoms with Crippen LogP contribution in [0.5, 0.6) is 0 Å². The third-order valence-electron chi connectivity index (χ3n) is 2.32. The molecule has 1 amide bonds. The molecule has 1 aliphatic rings. The standard InChI is InChI=1S/C10H20N2O/c1-10(2,3)5-9(13)12-6-8(7-12)11-4/h8,11H,5-7H2,1-4H3. The summed E-state index contributed by atoms with van der Waals surface area (Å²) < 4.78 is 0. The number of nitrogens with one attached hydrogen (secondary N) is 1. The van der Waals surface area contributed by atoms with E-state index in [9.17, 15) is 4.79 Å². The first-order valence-corrected chi connectivity index (χ1v) is 4.87. The molecule has 13 heavy (non-hydrogen) atoms. The van der Waals surface area contributed by atoms with Crippen molar-refractivity contribution in [3.63, 3.8) is 0 Å². The van der Waals surface area contributed by atoms with E-state index in [0.29, 0.717) is 18.4 Å². The van der Waals surface area contributed by atoms with Crippen LogP contribution in [0.2, 0.25) is 0 Å². The van der Waals surface area contributed by atoms with E-state index in [4.69, 9.17) is 0 Å². The van der Waals surface area contributed by atoms with Gasteiger partial charge >= 0.3 is 0 Å². The van der Waals surface area contributed by atoms with Crippen LogP contribution in [-0.2, 0) is 4.79 Å². The van der Waals surface area contributed by atoms with Crippen molar-refractivity contribution in [3.8, 4) is 0 Å². The van der Waals surface area contributed by atoms with Crippen molar-refractivity contribution in [2.45, 2.75) is 33.2 Å². The first kappa shape index (κ1) is 10.5. The average molecular weight is 184 g/mol. The zero-order valence-corrected chi connectivity index (χ0v) is 9.05. The van der Waals surface area contributed by atoms with Crippen molar-refractivity contribution in [1.82, 2.24) is 10.2 Å². The topological polar surface area (TPSA) is 32.3 Å². The van der Waals surface area contributed by atoms with Crippen LogP contribution < -0.4 is 5.32 Å². The molecule has 1 fully saturated rings. The molecule has 0 spiro atoms. The van der Waals surface area contributed by atoms with Crippen LogP contribution >= 0.6 is 0 Å². The summed E-state index contributed by atoms with van der Waals surface area (Å²) in [5.74, 6) is 0.291. The summed E-state index contributed by atoms with van der Waals surface area (Å²) in [7, 11) is 1.94. The number of carbonyl (C=O) groups is 1. The molecule has 0 bridgehead atoms. The summed E-state index contributed by atoms with van der Waals surface area (Å²) in [6, 6.07) is 0.518. The van der Waals surface area contributed by atoms with Gasteiger partial charge in [-0.3, -0.25) is 4.79 Å². The Labute approximate surface area is 80.5 Å². The number of rotatable bonds is 2. The Balaban J connectivity index is 2.27. The average Bonchev–Trinajstić information content (AvgIpc) is 1.79. The smallest absolute Gasteiger partial charge is 0.223 e. The van der Waals surface area contributed by atoms with Crippen molar-refractivity contribution in [2.24, 2.45) is 5.41 Å². The highest BCUT2D eigenvalue weighted by Gasteiger charge is 2.30. The highest BCUT2D eigenvalue weighted by Crippen LogP contribution is 2.21. The van der Waals surface area contributed by atoms with Crippen molar-refractivity contribution in [1.29, 1.82) is 0 Å². The summed E-state index contributed by atoms with van der Waals surface area (Å²) in [5, 5.41) is 3.16. The van der Waals surface area contributed by atoms with Gasteiger partial charge in [-0.05, 0) is 12.5 Å². The number of likely N-dealkylation sites (N-methyl/N-ethyl adjacent to an activating group) is 1. The van der Waals surface area contributed by atoms with Gasteiger partial charge in [-0.15, -0.1) is 0 Å². The highest BCUT2D eigenvalue weighted by molar-refractivity contribution is 5.77. The minimum Gasteiger partial charge on any atom is -0.339 e. The predicted molar refractivity (Wildman–Crippen MR) is 53.5 cm³/mol. The molecule has 3 heteroatoms. The fourth-order valence-electron chi connectivity index (χ4n) is 1.43. The van der Waals surface area contributed by atoms with E-state index in [1.54, 1.807) is 0 Å². The summed E-state index contributed by atoms with van der Waals surface area (Å²) in [5.41, 5.74) is 0.113. The largest absolute Gasteiger partial charge is 0.339 e. The molecule has 0 atom stereocenters. The van der Waals surface area contributed by atoms with Crippen LogP contribution in [-0.4, -0.2) is 37.0 Å². The third kappa shape index (κ3) is 2.99. The number of hydrogen-bond donors (Lipinski definition) is 1. The Kier molecular flexibility index (Phi) is 2.96. The Bertz CT molecular complexity index is 190. The van der Waals surface area contributed by atoms with E-state index in [2.05, 4.69) is 26.1 Å². The molecule has 1 heterocycles. The molecule has 0 radical (unpaired) electrons. The Morgan fingerprint density at radius 1 is 1.46 bits per heavy atom. The van der Waals surface area contributed by atoms with Gasteiger partial charge in [0, 0.05) is 25.6 Å². The summed E-state index contributed by atoms with van der Waals surface area (Å²) in [4.78, 5) is 13.5. The van der Waals surface area contributed by atoms with E-state index >= 15 is 0 Å². The second-order valence-electron chi connectivity index (χ2n) is 5.02. The van der Waals surface area contributed by atoms with Gasteiger partial charge < -0.3 is 10.2 Å². The van der Waals surface area contributed by atoms with E-state index < -0.39 is 0 Å². The second-order valence-corrected chi connectivity index (χ2v) is 5.02. The normalized spacial score (nSPS) is 18.6. The molecule has 3 nitrogen and oxygen atoms in total. The third-order valence-corrected chi connectivity index (χ3v) is 2.32. The quantitative estimate of drug-likeness (QED) is 0.690. The minimum atomic E-state index is 0.113. The first-order chi connectivity index (χ1) is 5.92. The van der Waals surface area contributed by atoms with Crippen LogP contribution in [0.15, 0.2) is 0 Å². The van der Waals surface area contributed by atoms with Crippen LogP contribution in [0.4, 0.5) is 0 Å². The van der Waals surface area contributed by atoms with Gasteiger partial charge in [0.25, 0.3) is 0 Å².